The van der Waals surface area contributed by atoms with Crippen molar-refractivity contribution in [2.24, 2.45) is 13.0 Å². The van der Waals surface area contributed by atoms with E-state index in [4.69, 9.17) is 4.98 Å². The number of fused-ring (bicyclic) bond motifs is 3. The van der Waals surface area contributed by atoms with Crippen molar-refractivity contribution >= 4 is 22.8 Å². The number of benzene rings is 1. The van der Waals surface area contributed by atoms with Crippen LogP contribution in [0.5, 0.6) is 0 Å². The van der Waals surface area contributed by atoms with Gasteiger partial charge in [-0.25, -0.2) is 4.79 Å². The molecule has 0 spiro atoms. The van der Waals surface area contributed by atoms with E-state index in [9.17, 15) is 9.59 Å². The largest absolute Gasteiger partial charge is 0.332 e. The molecule has 0 saturated carbocycles. The van der Waals surface area contributed by atoms with Crippen LogP contribution in [0.15, 0.2) is 27.8 Å². The number of aryl methyl sites for hydroxylation is 4. The van der Waals surface area contributed by atoms with Gasteiger partial charge in [0.2, 0.25) is 5.95 Å². The first-order valence-corrected chi connectivity index (χ1v) is 9.84. The van der Waals surface area contributed by atoms with E-state index in [1.165, 1.54) is 20.3 Å². The fourth-order valence-electron chi connectivity index (χ4n) is 3.93. The first kappa shape index (κ1) is 18.5. The minimum atomic E-state index is -0.306. The van der Waals surface area contributed by atoms with Crippen LogP contribution in [0.4, 0.5) is 11.6 Å². The summed E-state index contributed by atoms with van der Waals surface area (Å²) in [6, 6.07) is 6.35. The summed E-state index contributed by atoms with van der Waals surface area (Å²) in [5.74, 6) is 0.942. The highest BCUT2D eigenvalue weighted by atomic mass is 16.2. The molecular weight excluding hydrogens is 354 g/mol. The average Bonchev–Trinajstić information content (AvgIpc) is 3.05. The summed E-state index contributed by atoms with van der Waals surface area (Å²) in [5, 5.41) is 0. The second-order valence-electron chi connectivity index (χ2n) is 8.16. The van der Waals surface area contributed by atoms with Gasteiger partial charge >= 0.3 is 5.69 Å². The molecule has 4 rings (SSSR count). The lowest BCUT2D eigenvalue weighted by molar-refractivity contribution is 0.483. The molecule has 3 heterocycles. The molecule has 3 aromatic rings. The zero-order valence-electron chi connectivity index (χ0n) is 17.2. The van der Waals surface area contributed by atoms with Gasteiger partial charge in [-0.3, -0.25) is 13.9 Å². The van der Waals surface area contributed by atoms with Gasteiger partial charge in [-0.2, -0.15) is 4.98 Å². The number of imidazole rings is 1. The highest BCUT2D eigenvalue weighted by Crippen LogP contribution is 2.31. The lowest BCUT2D eigenvalue weighted by Crippen LogP contribution is -2.40. The van der Waals surface area contributed by atoms with Gasteiger partial charge in [0.1, 0.15) is 0 Å². The van der Waals surface area contributed by atoms with Crippen LogP contribution >= 0.6 is 0 Å². The van der Waals surface area contributed by atoms with E-state index >= 15 is 0 Å². The Morgan fingerprint density at radius 2 is 1.86 bits per heavy atom. The number of rotatable bonds is 3. The molecule has 0 unspecified atom stereocenters. The van der Waals surface area contributed by atoms with Gasteiger partial charge in [0.15, 0.2) is 11.2 Å². The van der Waals surface area contributed by atoms with Crippen LogP contribution in [-0.4, -0.2) is 25.2 Å². The van der Waals surface area contributed by atoms with Crippen LogP contribution in [0.25, 0.3) is 11.2 Å². The van der Waals surface area contributed by atoms with E-state index < -0.39 is 0 Å². The van der Waals surface area contributed by atoms with Gasteiger partial charge in [0, 0.05) is 32.4 Å². The molecule has 7 heteroatoms. The quantitative estimate of drug-likeness (QED) is 0.700. The molecule has 0 saturated heterocycles. The molecule has 28 heavy (non-hydrogen) atoms. The Labute approximate surface area is 163 Å². The minimum Gasteiger partial charge on any atom is -0.312 e. The van der Waals surface area contributed by atoms with Crippen LogP contribution in [0.3, 0.4) is 0 Å². The first-order valence-electron chi connectivity index (χ1n) is 9.84. The van der Waals surface area contributed by atoms with Gasteiger partial charge in [-0.1, -0.05) is 19.9 Å². The van der Waals surface area contributed by atoms with Crippen molar-refractivity contribution in [1.82, 2.24) is 18.7 Å². The molecule has 0 N–H and O–H groups in total. The zero-order chi connectivity index (χ0) is 20.2. The summed E-state index contributed by atoms with van der Waals surface area (Å²) >= 11 is 0. The summed E-state index contributed by atoms with van der Waals surface area (Å²) in [5.41, 5.74) is 3.96. The number of aromatic nitrogens is 4. The second kappa shape index (κ2) is 6.65. The van der Waals surface area contributed by atoms with Gasteiger partial charge in [0.25, 0.3) is 5.56 Å². The third-order valence-corrected chi connectivity index (χ3v) is 5.57. The number of anilines is 2. The Morgan fingerprint density at radius 1 is 1.11 bits per heavy atom. The predicted molar refractivity (Wildman–Crippen MR) is 112 cm³/mol. The van der Waals surface area contributed by atoms with E-state index in [0.29, 0.717) is 17.7 Å². The summed E-state index contributed by atoms with van der Waals surface area (Å²) in [6.45, 7) is 10.2. The average molecular weight is 381 g/mol. The highest BCUT2D eigenvalue weighted by Gasteiger charge is 2.27. The maximum atomic E-state index is 13.2. The normalized spacial score (nSPS) is 14.1. The smallest absolute Gasteiger partial charge is 0.312 e. The molecule has 7 nitrogen and oxygen atoms in total. The Hall–Kier alpha value is -2.83. The van der Waals surface area contributed by atoms with Crippen molar-refractivity contribution in [2.75, 3.05) is 11.4 Å². The number of hydrogen-bond donors (Lipinski definition) is 0. The van der Waals surface area contributed by atoms with Crippen LogP contribution in [0.1, 0.15) is 31.4 Å². The summed E-state index contributed by atoms with van der Waals surface area (Å²) < 4.78 is 4.83. The third kappa shape index (κ3) is 2.77. The second-order valence-corrected chi connectivity index (χ2v) is 8.16. The van der Waals surface area contributed by atoms with E-state index in [0.717, 1.165) is 31.1 Å². The van der Waals surface area contributed by atoms with Crippen molar-refractivity contribution in [2.45, 2.75) is 47.2 Å². The Kier molecular flexibility index (Phi) is 4.40. The standard InChI is InChI=1S/C21H27N5O2/c1-13(2)12-26-19(27)17-18(23(5)21(26)28)22-20-24(9-6-10-25(17)20)16-8-7-14(3)15(4)11-16/h7-8,11,13H,6,9-10,12H2,1-5H3. The molecule has 2 aromatic heterocycles. The van der Waals surface area contributed by atoms with Crippen molar-refractivity contribution in [1.29, 1.82) is 0 Å². The van der Waals surface area contributed by atoms with E-state index in [2.05, 4.69) is 36.9 Å². The molecule has 0 atom stereocenters. The predicted octanol–water partition coefficient (Wildman–Crippen LogP) is 2.71. The Morgan fingerprint density at radius 3 is 2.54 bits per heavy atom. The fourth-order valence-corrected chi connectivity index (χ4v) is 3.93. The van der Waals surface area contributed by atoms with Gasteiger partial charge in [-0.15, -0.1) is 0 Å². The lowest BCUT2D eigenvalue weighted by Gasteiger charge is -2.29. The topological polar surface area (TPSA) is 65.1 Å². The van der Waals surface area contributed by atoms with Crippen LogP contribution in [0, 0.1) is 19.8 Å². The monoisotopic (exact) mass is 381 g/mol. The van der Waals surface area contributed by atoms with Crippen LogP contribution in [0.2, 0.25) is 0 Å². The minimum absolute atomic E-state index is 0.207. The molecule has 0 fully saturated rings. The molecule has 1 aliphatic heterocycles. The van der Waals surface area contributed by atoms with Crippen LogP contribution in [-0.2, 0) is 20.1 Å². The van der Waals surface area contributed by atoms with Crippen LogP contribution < -0.4 is 16.1 Å². The van der Waals surface area contributed by atoms with Crippen molar-refractivity contribution in [3.05, 3.63) is 50.2 Å². The fraction of sp³-hybridized carbons (Fsp3) is 0.476. The SMILES string of the molecule is Cc1ccc(N2CCCn3c2nc2c3c(=O)n(CC(C)C)c(=O)n2C)cc1C. The maximum Gasteiger partial charge on any atom is 0.332 e. The summed E-state index contributed by atoms with van der Waals surface area (Å²) in [6.07, 6.45) is 0.915. The molecule has 0 bridgehead atoms. The summed E-state index contributed by atoms with van der Waals surface area (Å²) in [4.78, 5) is 32.8. The third-order valence-electron chi connectivity index (χ3n) is 5.57. The molecule has 1 aliphatic rings. The Bertz CT molecular complexity index is 1180. The van der Waals surface area contributed by atoms with E-state index in [1.807, 2.05) is 18.4 Å². The van der Waals surface area contributed by atoms with Gasteiger partial charge < -0.3 is 9.47 Å². The van der Waals surface area contributed by atoms with Crippen molar-refractivity contribution in [3.63, 3.8) is 0 Å². The number of nitrogens with zero attached hydrogens (tertiary/aromatic N) is 5. The highest BCUT2D eigenvalue weighted by molar-refractivity contribution is 5.77. The number of hydrogen-bond acceptors (Lipinski definition) is 4. The molecule has 0 radical (unpaired) electrons. The maximum absolute atomic E-state index is 13.2. The van der Waals surface area contributed by atoms with Gasteiger partial charge in [0.05, 0.1) is 0 Å². The van der Waals surface area contributed by atoms with E-state index in [-0.39, 0.29) is 17.2 Å². The molecule has 148 valence electrons. The zero-order valence-corrected chi connectivity index (χ0v) is 17.2. The Balaban J connectivity index is 1.97. The lowest BCUT2D eigenvalue weighted by atomic mass is 10.1. The molecule has 0 amide bonds. The summed E-state index contributed by atoms with van der Waals surface area (Å²) in [7, 11) is 1.69. The van der Waals surface area contributed by atoms with E-state index in [1.54, 1.807) is 7.05 Å². The molecule has 0 aliphatic carbocycles. The first-order chi connectivity index (χ1) is 13.3. The molecular formula is C21H27N5O2. The molecule has 1 aromatic carbocycles. The van der Waals surface area contributed by atoms with Gasteiger partial charge in [-0.05, 0) is 49.4 Å². The van der Waals surface area contributed by atoms with Crippen molar-refractivity contribution in [3.8, 4) is 0 Å². The van der Waals surface area contributed by atoms with Crippen molar-refractivity contribution < 1.29 is 0 Å².